The van der Waals surface area contributed by atoms with Crippen molar-refractivity contribution in [3.63, 3.8) is 0 Å². The average Bonchev–Trinajstić information content (AvgIpc) is 4.04. The van der Waals surface area contributed by atoms with Gasteiger partial charge in [-0.1, -0.05) is 83.1 Å². The Balaban J connectivity index is 0.000000141. The monoisotopic (exact) mass is 812 g/mol. The van der Waals surface area contributed by atoms with Crippen LogP contribution in [-0.2, 0) is 17.8 Å². The zero-order valence-electron chi connectivity index (χ0n) is 28.7. The van der Waals surface area contributed by atoms with Gasteiger partial charge in [0.15, 0.2) is 23.3 Å². The molecule has 0 aliphatic carbocycles. The number of benzene rings is 4. The van der Waals surface area contributed by atoms with Crippen LogP contribution in [-0.4, -0.2) is 52.9 Å². The molecule has 0 spiro atoms. The van der Waals surface area contributed by atoms with Crippen molar-refractivity contribution >= 4 is 28.6 Å². The Hall–Kier alpha value is -6.22. The third-order valence-electron chi connectivity index (χ3n) is 9.51. The Morgan fingerprint density at radius 3 is 1.62 bits per heavy atom. The van der Waals surface area contributed by atoms with Crippen molar-refractivity contribution in [2.24, 2.45) is 0 Å². The number of carbonyl (C=O) groups is 1. The third kappa shape index (κ3) is 5.55. The molecular formula is C40H29IN8O4. The number of rotatable bonds is 5. The zero-order chi connectivity index (χ0) is 36.2. The van der Waals surface area contributed by atoms with Gasteiger partial charge in [-0.25, -0.2) is 4.79 Å². The molecule has 0 amide bonds. The lowest BCUT2D eigenvalue weighted by molar-refractivity contribution is 0.0600. The Morgan fingerprint density at radius 1 is 0.642 bits per heavy atom. The largest absolute Gasteiger partial charge is 0.465 e. The molecule has 0 unspecified atom stereocenters. The zero-order valence-corrected chi connectivity index (χ0v) is 30.9. The second-order valence-corrected chi connectivity index (χ2v) is 13.9. The molecule has 8 aromatic rings. The first-order valence-corrected chi connectivity index (χ1v) is 17.9. The molecule has 0 N–H and O–H groups in total. The molecule has 0 fully saturated rings. The summed E-state index contributed by atoms with van der Waals surface area (Å²) >= 11 is 2.33. The number of esters is 1. The molecule has 13 heteroatoms. The highest BCUT2D eigenvalue weighted by Gasteiger charge is 2.31. The van der Waals surface area contributed by atoms with Crippen molar-refractivity contribution in [3.8, 4) is 68.1 Å². The van der Waals surface area contributed by atoms with Gasteiger partial charge in [-0.15, -0.1) is 20.4 Å². The lowest BCUT2D eigenvalue weighted by atomic mass is 10.1. The van der Waals surface area contributed by atoms with Gasteiger partial charge in [-0.2, -0.15) is 0 Å². The van der Waals surface area contributed by atoms with E-state index >= 15 is 0 Å². The van der Waals surface area contributed by atoms with Crippen LogP contribution in [0.3, 0.4) is 0 Å². The molecule has 4 aromatic carbocycles. The van der Waals surface area contributed by atoms with Crippen LogP contribution in [0.4, 0.5) is 0 Å². The molecule has 4 aromatic heterocycles. The van der Waals surface area contributed by atoms with Crippen LogP contribution in [0, 0.1) is 17.4 Å². The van der Waals surface area contributed by atoms with E-state index in [-0.39, 0.29) is 5.97 Å². The van der Waals surface area contributed by atoms with Crippen LogP contribution in [0.25, 0.3) is 68.1 Å². The van der Waals surface area contributed by atoms with Gasteiger partial charge in [0, 0.05) is 25.8 Å². The van der Waals surface area contributed by atoms with Crippen LogP contribution in [0.15, 0.2) is 106 Å². The molecule has 53 heavy (non-hydrogen) atoms. The molecule has 2 aliphatic rings. The van der Waals surface area contributed by atoms with Crippen LogP contribution in [0.2, 0.25) is 0 Å². The van der Waals surface area contributed by atoms with E-state index in [1.54, 1.807) is 12.1 Å². The highest BCUT2D eigenvalue weighted by atomic mass is 127. The van der Waals surface area contributed by atoms with Crippen molar-refractivity contribution < 1.29 is 18.6 Å². The molecule has 0 saturated heterocycles. The molecule has 0 bridgehead atoms. The lowest BCUT2D eigenvalue weighted by Crippen LogP contribution is -2.01. The predicted molar refractivity (Wildman–Crippen MR) is 205 cm³/mol. The summed E-state index contributed by atoms with van der Waals surface area (Å²) < 4.78 is 21.2. The maximum absolute atomic E-state index is 11.9. The fraction of sp³-hybridized carbons (Fsp3) is 0.125. The first-order chi connectivity index (χ1) is 25.9. The van der Waals surface area contributed by atoms with Gasteiger partial charge in [-0.05, 0) is 71.8 Å². The predicted octanol–water partition coefficient (Wildman–Crippen LogP) is 8.27. The fourth-order valence-electron chi connectivity index (χ4n) is 6.93. The van der Waals surface area contributed by atoms with Gasteiger partial charge >= 0.3 is 5.97 Å². The summed E-state index contributed by atoms with van der Waals surface area (Å²) in [6.45, 7) is 5.17. The maximum atomic E-state index is 11.9. The number of methoxy groups -OCH3 is 1. The summed E-state index contributed by atoms with van der Waals surface area (Å²) in [5, 5.41) is 26.2. The molecule has 6 heterocycles. The summed E-state index contributed by atoms with van der Waals surface area (Å²) in [6, 6.07) is 31.8. The number of ether oxygens (including phenoxy) is 1. The molecule has 0 saturated carbocycles. The van der Waals surface area contributed by atoms with E-state index in [2.05, 4.69) is 76.1 Å². The van der Waals surface area contributed by atoms with Crippen LogP contribution >= 0.6 is 22.6 Å². The summed E-state index contributed by atoms with van der Waals surface area (Å²) in [4.78, 5) is 11.9. The highest BCUT2D eigenvalue weighted by Crippen LogP contribution is 2.41. The maximum Gasteiger partial charge on any atom is 0.337 e. The number of aromatic nitrogens is 8. The van der Waals surface area contributed by atoms with E-state index in [9.17, 15) is 4.79 Å². The third-order valence-corrected chi connectivity index (χ3v) is 10.2. The lowest BCUT2D eigenvalue weighted by Gasteiger charge is -2.04. The second kappa shape index (κ2) is 13.1. The van der Waals surface area contributed by atoms with Crippen LogP contribution in [0.5, 0.6) is 0 Å². The van der Waals surface area contributed by atoms with Gasteiger partial charge in [0.2, 0.25) is 0 Å². The quantitative estimate of drug-likeness (QED) is 0.123. The number of halogens is 1. The summed E-state index contributed by atoms with van der Waals surface area (Å²) in [6.07, 6.45) is 0. The van der Waals surface area contributed by atoms with Crippen molar-refractivity contribution in [2.45, 2.75) is 26.9 Å². The molecule has 12 nitrogen and oxygen atoms in total. The SMILES string of the molecule is COC(=O)c1ccc2c(c1)-c1nnc(-c3c(-c4ccccc4)noc3C)n1C2.Cc1onc(-c2ccccc2)c1-c1nnc2n1Cc1ccc(I)cc1-2. The Labute approximate surface area is 316 Å². The second-order valence-electron chi connectivity index (χ2n) is 12.7. The average molecular weight is 813 g/mol. The number of hydrogen-bond acceptors (Lipinski definition) is 10. The van der Waals surface area contributed by atoms with Crippen molar-refractivity contribution in [3.05, 3.63) is 129 Å². The van der Waals surface area contributed by atoms with E-state index in [1.165, 1.54) is 16.2 Å². The van der Waals surface area contributed by atoms with Crippen molar-refractivity contribution in [1.82, 2.24) is 39.8 Å². The summed E-state index contributed by atoms with van der Waals surface area (Å²) in [5.41, 5.74) is 10.1. The first kappa shape index (κ1) is 32.7. The number of aryl methyl sites for hydroxylation is 2. The Morgan fingerprint density at radius 2 is 1.11 bits per heavy atom. The van der Waals surface area contributed by atoms with Gasteiger partial charge < -0.3 is 22.9 Å². The highest BCUT2D eigenvalue weighted by molar-refractivity contribution is 14.1. The van der Waals surface area contributed by atoms with E-state index in [0.717, 1.165) is 80.1 Å². The van der Waals surface area contributed by atoms with Gasteiger partial charge in [0.05, 0.1) is 36.9 Å². The number of carbonyl (C=O) groups excluding carboxylic acids is 1. The fourth-order valence-corrected chi connectivity index (χ4v) is 7.42. The van der Waals surface area contributed by atoms with Crippen LogP contribution in [0.1, 0.15) is 33.0 Å². The standard InChI is InChI=1S/C21H16N4O3.C19H13IN4O/c1-12-17(18(24-28-12)13-6-4-3-5-7-13)20-23-22-19-16-10-14(21(26)27-2)8-9-15(16)11-25(19)20;1-11-16(17(23-25-11)12-5-3-2-4-6-12)19-22-21-18-15-9-14(20)8-7-13(15)10-24(18)19/h3-10H,11H2,1-2H3;2-9H,10H2,1H3. The number of fused-ring (bicyclic) bond motifs is 6. The van der Waals surface area contributed by atoms with E-state index in [1.807, 2.05) is 85.1 Å². The summed E-state index contributed by atoms with van der Waals surface area (Å²) in [5.74, 6) is 4.18. The number of nitrogens with zero attached hydrogens (tertiary/aromatic N) is 8. The molecule has 0 atom stereocenters. The first-order valence-electron chi connectivity index (χ1n) is 16.8. The normalized spacial score (nSPS) is 12.1. The molecular weight excluding hydrogens is 783 g/mol. The van der Waals surface area contributed by atoms with Crippen LogP contribution < -0.4 is 0 Å². The summed E-state index contributed by atoms with van der Waals surface area (Å²) in [7, 11) is 1.37. The van der Waals surface area contributed by atoms with Gasteiger partial charge in [0.1, 0.15) is 22.9 Å². The Kier molecular flexibility index (Phi) is 8.06. The van der Waals surface area contributed by atoms with Crippen molar-refractivity contribution in [2.75, 3.05) is 7.11 Å². The van der Waals surface area contributed by atoms with Gasteiger partial charge in [0.25, 0.3) is 0 Å². The topological polar surface area (TPSA) is 140 Å². The minimum absolute atomic E-state index is 0.373. The minimum atomic E-state index is -0.373. The molecule has 260 valence electrons. The molecule has 10 rings (SSSR count). The Bertz CT molecular complexity index is 2680. The molecule has 2 aliphatic heterocycles. The molecule has 0 radical (unpaired) electrons. The van der Waals surface area contributed by atoms with E-state index in [4.69, 9.17) is 13.8 Å². The van der Waals surface area contributed by atoms with Crippen molar-refractivity contribution in [1.29, 1.82) is 0 Å². The van der Waals surface area contributed by atoms with E-state index < -0.39 is 0 Å². The smallest absolute Gasteiger partial charge is 0.337 e. The minimum Gasteiger partial charge on any atom is -0.465 e. The van der Waals surface area contributed by atoms with E-state index in [0.29, 0.717) is 23.7 Å². The van der Waals surface area contributed by atoms with Gasteiger partial charge in [-0.3, -0.25) is 0 Å². The number of hydrogen-bond donors (Lipinski definition) is 0.